The molecule has 3 amide bonds. The highest BCUT2D eigenvalue weighted by molar-refractivity contribution is 5.90. The van der Waals surface area contributed by atoms with E-state index in [1.807, 2.05) is 48.5 Å². The Balaban J connectivity index is 1.25. The first kappa shape index (κ1) is 24.2. The molecule has 184 valence electrons. The molecule has 1 aliphatic carbocycles. The summed E-state index contributed by atoms with van der Waals surface area (Å²) in [5.74, 6) is -2.51. The number of aliphatic carboxylic acids is 1. The van der Waals surface area contributed by atoms with Gasteiger partial charge in [-0.15, -0.1) is 0 Å². The molecule has 0 radical (unpaired) electrons. The Morgan fingerprint density at radius 1 is 1.00 bits per heavy atom. The Morgan fingerprint density at radius 3 is 2.20 bits per heavy atom. The van der Waals surface area contributed by atoms with Gasteiger partial charge < -0.3 is 25.2 Å². The third-order valence-corrected chi connectivity index (χ3v) is 6.21. The van der Waals surface area contributed by atoms with Crippen molar-refractivity contribution < 1.29 is 33.8 Å². The number of amides is 3. The predicted octanol–water partition coefficient (Wildman–Crippen LogP) is 1.69. The lowest BCUT2D eigenvalue weighted by Crippen LogP contribution is -2.54. The summed E-state index contributed by atoms with van der Waals surface area (Å²) in [7, 11) is 0. The van der Waals surface area contributed by atoms with E-state index >= 15 is 0 Å². The molecule has 0 unspecified atom stereocenters. The predicted molar refractivity (Wildman–Crippen MR) is 124 cm³/mol. The minimum atomic E-state index is -1.19. The summed E-state index contributed by atoms with van der Waals surface area (Å²) in [6, 6.07) is 14.8. The van der Waals surface area contributed by atoms with Gasteiger partial charge in [-0.25, -0.2) is 9.59 Å². The molecule has 0 spiro atoms. The quantitative estimate of drug-likeness (QED) is 0.548. The van der Waals surface area contributed by atoms with Crippen molar-refractivity contribution in [1.82, 2.24) is 15.5 Å². The summed E-state index contributed by atoms with van der Waals surface area (Å²) < 4.78 is 10.8. The van der Waals surface area contributed by atoms with Gasteiger partial charge in [0.15, 0.2) is 6.04 Å². The number of benzene rings is 2. The summed E-state index contributed by atoms with van der Waals surface area (Å²) in [5, 5.41) is 14.1. The zero-order valence-corrected chi connectivity index (χ0v) is 19.4. The summed E-state index contributed by atoms with van der Waals surface area (Å²) in [4.78, 5) is 49.3. The van der Waals surface area contributed by atoms with Crippen LogP contribution in [0.5, 0.6) is 0 Å². The zero-order chi connectivity index (χ0) is 25.2. The number of carbonyl (C=O) groups excluding carboxylic acids is 3. The molecule has 35 heavy (non-hydrogen) atoms. The van der Waals surface area contributed by atoms with E-state index in [4.69, 9.17) is 9.47 Å². The molecule has 0 bridgehead atoms. The van der Waals surface area contributed by atoms with E-state index in [-0.39, 0.29) is 19.1 Å². The fourth-order valence-electron chi connectivity index (χ4n) is 4.58. The lowest BCUT2D eigenvalue weighted by molar-refractivity contribution is -0.155. The second-order valence-electron chi connectivity index (χ2n) is 8.83. The molecule has 2 aliphatic rings. The molecule has 0 aromatic heterocycles. The van der Waals surface area contributed by atoms with Gasteiger partial charge in [-0.3, -0.25) is 14.5 Å². The van der Waals surface area contributed by atoms with Gasteiger partial charge in [0.25, 0.3) is 0 Å². The number of fused-ring (bicyclic) bond motifs is 3. The van der Waals surface area contributed by atoms with Crippen LogP contribution in [0.1, 0.15) is 30.9 Å². The number of alkyl carbamates (subject to hydrolysis) is 1. The highest BCUT2D eigenvalue weighted by atomic mass is 16.5. The summed E-state index contributed by atoms with van der Waals surface area (Å²) in [6.45, 7) is 2.31. The molecule has 3 N–H and O–H groups in total. The van der Waals surface area contributed by atoms with Crippen LogP contribution in [0.4, 0.5) is 4.79 Å². The fraction of sp³-hybridized carbons (Fsp3) is 0.360. The average Bonchev–Trinajstić information content (AvgIpc) is 3.33. The van der Waals surface area contributed by atoms with Gasteiger partial charge in [0.1, 0.15) is 18.9 Å². The minimum Gasteiger partial charge on any atom is -0.480 e. The molecule has 2 aromatic rings. The molecule has 1 fully saturated rings. The molecular formula is C25H27N3O7. The Hall–Kier alpha value is -3.92. The van der Waals surface area contributed by atoms with Crippen LogP contribution in [0.2, 0.25) is 0 Å². The summed E-state index contributed by atoms with van der Waals surface area (Å²) in [5.41, 5.74) is 3.26. The van der Waals surface area contributed by atoms with Crippen molar-refractivity contribution in [3.8, 4) is 11.1 Å². The van der Waals surface area contributed by atoms with Gasteiger partial charge in [0.05, 0.1) is 13.2 Å². The van der Waals surface area contributed by atoms with Crippen molar-refractivity contribution in [3.63, 3.8) is 0 Å². The SMILES string of the molecule is CC1(C)OC[C@@H](C(=O)O)N1C(=O)CNC(=O)CNC(=O)OCC1c2ccccc2-c2ccccc21. The zero-order valence-electron chi connectivity index (χ0n) is 19.4. The van der Waals surface area contributed by atoms with Crippen LogP contribution in [-0.4, -0.2) is 72.0 Å². The summed E-state index contributed by atoms with van der Waals surface area (Å²) >= 11 is 0. The van der Waals surface area contributed by atoms with Crippen molar-refractivity contribution in [2.24, 2.45) is 0 Å². The number of hydrogen-bond acceptors (Lipinski definition) is 6. The fourth-order valence-corrected chi connectivity index (χ4v) is 4.58. The lowest BCUT2D eigenvalue weighted by Gasteiger charge is -2.32. The number of hydrogen-bond donors (Lipinski definition) is 3. The van der Waals surface area contributed by atoms with Gasteiger partial charge in [0, 0.05) is 5.92 Å². The van der Waals surface area contributed by atoms with Crippen molar-refractivity contribution >= 4 is 23.9 Å². The standard InChI is InChI=1S/C25H27N3O7/c1-25(2)28(20(14-35-25)23(31)32)22(30)12-26-21(29)11-27-24(33)34-13-19-17-9-5-3-7-15(17)16-8-4-6-10-18(16)19/h3-10,19-20H,11-14H2,1-2H3,(H,26,29)(H,27,33)(H,31,32)/t20-/m0/s1. The van der Waals surface area contributed by atoms with E-state index in [1.54, 1.807) is 13.8 Å². The first-order valence-corrected chi connectivity index (χ1v) is 11.2. The lowest BCUT2D eigenvalue weighted by atomic mass is 9.98. The van der Waals surface area contributed by atoms with E-state index in [2.05, 4.69) is 10.6 Å². The molecule has 1 saturated heterocycles. The molecular weight excluding hydrogens is 454 g/mol. The van der Waals surface area contributed by atoms with Crippen LogP contribution in [0, 0.1) is 0 Å². The highest BCUT2D eigenvalue weighted by Gasteiger charge is 2.47. The molecule has 10 heteroatoms. The van der Waals surface area contributed by atoms with E-state index < -0.39 is 48.7 Å². The molecule has 1 heterocycles. The van der Waals surface area contributed by atoms with Crippen LogP contribution >= 0.6 is 0 Å². The largest absolute Gasteiger partial charge is 0.480 e. The Morgan fingerprint density at radius 2 is 1.60 bits per heavy atom. The van der Waals surface area contributed by atoms with Gasteiger partial charge in [-0.1, -0.05) is 48.5 Å². The average molecular weight is 482 g/mol. The summed E-state index contributed by atoms with van der Waals surface area (Å²) in [6.07, 6.45) is -0.756. The van der Waals surface area contributed by atoms with Gasteiger partial charge in [-0.2, -0.15) is 0 Å². The third kappa shape index (κ3) is 4.97. The molecule has 4 rings (SSSR count). The van der Waals surface area contributed by atoms with Crippen molar-refractivity contribution in [3.05, 3.63) is 59.7 Å². The molecule has 1 aliphatic heterocycles. The monoisotopic (exact) mass is 481 g/mol. The first-order valence-electron chi connectivity index (χ1n) is 11.2. The minimum absolute atomic E-state index is 0.104. The van der Waals surface area contributed by atoms with Crippen molar-refractivity contribution in [2.75, 3.05) is 26.3 Å². The number of ether oxygens (including phenoxy) is 2. The second kappa shape index (κ2) is 9.75. The second-order valence-corrected chi connectivity index (χ2v) is 8.83. The van der Waals surface area contributed by atoms with E-state index in [1.165, 1.54) is 0 Å². The van der Waals surface area contributed by atoms with E-state index in [0.29, 0.717) is 0 Å². The van der Waals surface area contributed by atoms with Gasteiger partial charge in [-0.05, 0) is 36.1 Å². The van der Waals surface area contributed by atoms with Crippen molar-refractivity contribution in [1.29, 1.82) is 0 Å². The van der Waals surface area contributed by atoms with E-state index in [9.17, 15) is 24.3 Å². The Kier molecular flexibility index (Phi) is 6.74. The topological polar surface area (TPSA) is 134 Å². The number of nitrogens with one attached hydrogen (secondary N) is 2. The van der Waals surface area contributed by atoms with Crippen LogP contribution in [0.25, 0.3) is 11.1 Å². The van der Waals surface area contributed by atoms with E-state index in [0.717, 1.165) is 27.2 Å². The third-order valence-electron chi connectivity index (χ3n) is 6.21. The Labute approximate surface area is 202 Å². The van der Waals surface area contributed by atoms with Gasteiger partial charge in [0.2, 0.25) is 11.8 Å². The normalized spacial score (nSPS) is 17.9. The molecule has 10 nitrogen and oxygen atoms in total. The maximum atomic E-state index is 12.5. The molecule has 1 atom stereocenters. The number of rotatable bonds is 7. The Bertz CT molecular complexity index is 1120. The van der Waals surface area contributed by atoms with Crippen LogP contribution in [0.3, 0.4) is 0 Å². The number of carboxylic acid groups (broad SMARTS) is 1. The number of carboxylic acids is 1. The number of carbonyl (C=O) groups is 4. The van der Waals surface area contributed by atoms with Crippen LogP contribution in [-0.2, 0) is 23.9 Å². The van der Waals surface area contributed by atoms with Gasteiger partial charge >= 0.3 is 12.1 Å². The maximum absolute atomic E-state index is 12.5. The first-order chi connectivity index (χ1) is 16.7. The smallest absolute Gasteiger partial charge is 0.407 e. The molecule has 0 saturated carbocycles. The van der Waals surface area contributed by atoms with Crippen molar-refractivity contribution in [2.45, 2.75) is 31.5 Å². The molecule has 2 aromatic carbocycles. The highest BCUT2D eigenvalue weighted by Crippen LogP contribution is 2.44. The maximum Gasteiger partial charge on any atom is 0.407 e. The van der Waals surface area contributed by atoms with Crippen LogP contribution in [0.15, 0.2) is 48.5 Å². The van der Waals surface area contributed by atoms with Crippen LogP contribution < -0.4 is 10.6 Å². The number of nitrogens with zero attached hydrogens (tertiary/aromatic N) is 1.